The van der Waals surface area contributed by atoms with Crippen molar-refractivity contribution in [2.24, 2.45) is 0 Å². The fraction of sp³-hybridized carbons (Fsp3) is 0.0800. The number of rotatable bonds is 6. The largest absolute Gasteiger partial charge is 0.489 e. The number of hydrogen-bond acceptors (Lipinski definition) is 5. The maximum absolute atomic E-state index is 11.9. The Bertz CT molecular complexity index is 1410. The average molecular weight is 442 g/mol. The van der Waals surface area contributed by atoms with E-state index in [1.165, 1.54) is 0 Å². The number of carboxylic acid groups (broad SMARTS) is 1. The Kier molecular flexibility index (Phi) is 5.17. The predicted molar refractivity (Wildman–Crippen MR) is 124 cm³/mol. The molecule has 158 valence electrons. The van der Waals surface area contributed by atoms with Crippen molar-refractivity contribution in [2.45, 2.75) is 13.5 Å². The zero-order chi connectivity index (χ0) is 22.1. The van der Waals surface area contributed by atoms with Crippen LogP contribution in [0.1, 0.15) is 20.9 Å². The predicted octanol–water partition coefficient (Wildman–Crippen LogP) is 5.71. The van der Waals surface area contributed by atoms with Crippen LogP contribution in [0.3, 0.4) is 0 Å². The van der Waals surface area contributed by atoms with Gasteiger partial charge < -0.3 is 9.84 Å². The molecule has 6 nitrogen and oxygen atoms in total. The van der Waals surface area contributed by atoms with E-state index in [1.54, 1.807) is 4.52 Å². The van der Waals surface area contributed by atoms with Crippen molar-refractivity contribution >= 4 is 22.8 Å². The molecule has 3 aromatic heterocycles. The summed E-state index contributed by atoms with van der Waals surface area (Å²) in [4.78, 5) is 16.9. The summed E-state index contributed by atoms with van der Waals surface area (Å²) in [5.74, 6) is -0.283. The van der Waals surface area contributed by atoms with Crippen LogP contribution in [0.2, 0.25) is 0 Å². The molecule has 32 heavy (non-hydrogen) atoms. The van der Waals surface area contributed by atoms with E-state index in [1.807, 2.05) is 85.9 Å². The van der Waals surface area contributed by atoms with Gasteiger partial charge in [-0.15, -0.1) is 11.3 Å². The third-order valence-electron chi connectivity index (χ3n) is 5.11. The summed E-state index contributed by atoms with van der Waals surface area (Å²) in [7, 11) is 0. The highest BCUT2D eigenvalue weighted by molar-refractivity contribution is 7.17. The summed E-state index contributed by atoms with van der Waals surface area (Å²) in [5, 5.41) is 15.0. The quantitative estimate of drug-likeness (QED) is 0.365. The molecule has 3 heterocycles. The monoisotopic (exact) mass is 441 g/mol. The van der Waals surface area contributed by atoms with Gasteiger partial charge in [0.15, 0.2) is 0 Å². The van der Waals surface area contributed by atoms with Gasteiger partial charge in [-0.25, -0.2) is 14.3 Å². The highest BCUT2D eigenvalue weighted by Crippen LogP contribution is 2.38. The number of pyridine rings is 1. The smallest absolute Gasteiger partial charge is 0.348 e. The van der Waals surface area contributed by atoms with Gasteiger partial charge in [0.25, 0.3) is 0 Å². The number of thiazole rings is 1. The second-order valence-electron chi connectivity index (χ2n) is 7.29. The summed E-state index contributed by atoms with van der Waals surface area (Å²) < 4.78 is 7.75. The van der Waals surface area contributed by atoms with Crippen LogP contribution >= 0.6 is 11.3 Å². The van der Waals surface area contributed by atoms with Crippen LogP contribution in [0.5, 0.6) is 5.75 Å². The van der Waals surface area contributed by atoms with Crippen molar-refractivity contribution in [3.05, 3.63) is 95.1 Å². The third kappa shape index (κ3) is 3.74. The van der Waals surface area contributed by atoms with Crippen LogP contribution < -0.4 is 4.74 Å². The Balaban J connectivity index is 1.56. The minimum Gasteiger partial charge on any atom is -0.489 e. The minimum atomic E-state index is -0.992. The Hall–Kier alpha value is -3.97. The van der Waals surface area contributed by atoms with Gasteiger partial charge in [-0.1, -0.05) is 60.7 Å². The molecule has 2 aromatic carbocycles. The molecule has 5 aromatic rings. The molecule has 0 bridgehead atoms. The maximum atomic E-state index is 11.9. The molecule has 0 aliphatic rings. The summed E-state index contributed by atoms with van der Waals surface area (Å²) in [6.45, 7) is 2.36. The van der Waals surface area contributed by atoms with Crippen molar-refractivity contribution in [3.63, 3.8) is 0 Å². The van der Waals surface area contributed by atoms with Crippen molar-refractivity contribution < 1.29 is 14.6 Å². The molecule has 0 aliphatic carbocycles. The molecule has 0 saturated carbocycles. The highest BCUT2D eigenvalue weighted by atomic mass is 32.1. The fourth-order valence-corrected chi connectivity index (χ4v) is 4.64. The Morgan fingerprint density at radius 1 is 1.06 bits per heavy atom. The Morgan fingerprint density at radius 3 is 2.50 bits per heavy atom. The average Bonchev–Trinajstić information content (AvgIpc) is 3.39. The molecule has 5 rings (SSSR count). The number of aromatic carboxylic acids is 1. The molecule has 0 spiro atoms. The number of hydrogen-bond donors (Lipinski definition) is 1. The van der Waals surface area contributed by atoms with Crippen LogP contribution in [0.15, 0.2) is 79.0 Å². The number of aryl methyl sites for hydroxylation is 1. The van der Waals surface area contributed by atoms with Gasteiger partial charge in [-0.2, -0.15) is 5.10 Å². The molecule has 1 N–H and O–H groups in total. The molecule has 7 heteroatoms. The SMILES string of the molecule is Cc1nn2ccc(OCc3ccccc3)cc2c1-c1nc(-c2ccccc2)c(C(=O)O)s1. The van der Waals surface area contributed by atoms with Gasteiger partial charge in [0, 0.05) is 17.8 Å². The lowest BCUT2D eigenvalue weighted by molar-refractivity contribution is 0.0702. The number of aromatic nitrogens is 3. The van der Waals surface area contributed by atoms with Gasteiger partial charge in [-0.05, 0) is 18.6 Å². The number of fused-ring (bicyclic) bond motifs is 1. The summed E-state index contributed by atoms with van der Waals surface area (Å²) in [5.41, 5.74) is 4.72. The number of nitrogens with zero attached hydrogens (tertiary/aromatic N) is 3. The second-order valence-corrected chi connectivity index (χ2v) is 8.29. The van der Waals surface area contributed by atoms with E-state index in [2.05, 4.69) is 5.10 Å². The number of benzene rings is 2. The second kappa shape index (κ2) is 8.28. The standard InChI is InChI=1S/C25H19N3O3S/c1-16-21(24-26-22(23(32-24)25(29)30)18-10-6-3-7-11-18)20-14-19(12-13-28(20)27-16)31-15-17-8-4-2-5-9-17/h2-14H,15H2,1H3,(H,29,30). The third-order valence-corrected chi connectivity index (χ3v) is 6.17. The molecule has 0 amide bonds. The zero-order valence-electron chi connectivity index (χ0n) is 17.2. The van der Waals surface area contributed by atoms with Gasteiger partial charge in [0.1, 0.15) is 22.2 Å². The fourth-order valence-electron chi connectivity index (χ4n) is 3.60. The van der Waals surface area contributed by atoms with E-state index in [0.29, 0.717) is 23.1 Å². The first-order valence-electron chi connectivity index (χ1n) is 10.1. The van der Waals surface area contributed by atoms with E-state index >= 15 is 0 Å². The molecule has 0 radical (unpaired) electrons. The van der Waals surface area contributed by atoms with E-state index in [4.69, 9.17) is 9.72 Å². The molecular formula is C25H19N3O3S. The van der Waals surface area contributed by atoms with E-state index in [9.17, 15) is 9.90 Å². The first-order chi connectivity index (χ1) is 15.6. The van der Waals surface area contributed by atoms with Gasteiger partial charge in [0.05, 0.1) is 22.5 Å². The van der Waals surface area contributed by atoms with E-state index < -0.39 is 5.97 Å². The lowest BCUT2D eigenvalue weighted by Gasteiger charge is -2.07. The summed E-state index contributed by atoms with van der Waals surface area (Å²) in [6, 6.07) is 23.1. The van der Waals surface area contributed by atoms with E-state index in [0.717, 1.165) is 39.2 Å². The van der Waals surface area contributed by atoms with E-state index in [-0.39, 0.29) is 4.88 Å². The maximum Gasteiger partial charge on any atom is 0.348 e. The first-order valence-corrected chi connectivity index (χ1v) is 10.9. The zero-order valence-corrected chi connectivity index (χ0v) is 18.0. The topological polar surface area (TPSA) is 76.7 Å². The molecule has 0 atom stereocenters. The van der Waals surface area contributed by atoms with Crippen LogP contribution in [0.4, 0.5) is 0 Å². The normalized spacial score (nSPS) is 11.0. The molecule has 0 unspecified atom stereocenters. The number of ether oxygens (including phenoxy) is 1. The van der Waals surface area contributed by atoms with Gasteiger partial charge in [0.2, 0.25) is 0 Å². The molecule has 0 fully saturated rings. The van der Waals surface area contributed by atoms with Gasteiger partial charge >= 0.3 is 5.97 Å². The van der Waals surface area contributed by atoms with Crippen LogP contribution in [0, 0.1) is 6.92 Å². The molecule has 0 saturated heterocycles. The summed E-state index contributed by atoms with van der Waals surface area (Å²) >= 11 is 1.16. The van der Waals surface area contributed by atoms with Crippen molar-refractivity contribution in [1.82, 2.24) is 14.6 Å². The van der Waals surface area contributed by atoms with Crippen LogP contribution in [-0.4, -0.2) is 25.7 Å². The van der Waals surface area contributed by atoms with Crippen molar-refractivity contribution in [1.29, 1.82) is 0 Å². The van der Waals surface area contributed by atoms with Crippen molar-refractivity contribution in [2.75, 3.05) is 0 Å². The van der Waals surface area contributed by atoms with Crippen LogP contribution in [0.25, 0.3) is 27.3 Å². The summed E-state index contributed by atoms with van der Waals surface area (Å²) in [6.07, 6.45) is 1.84. The Morgan fingerprint density at radius 2 is 1.78 bits per heavy atom. The van der Waals surface area contributed by atoms with Crippen molar-refractivity contribution in [3.8, 4) is 27.6 Å². The lowest BCUT2D eigenvalue weighted by atomic mass is 10.1. The molecule has 0 aliphatic heterocycles. The number of carbonyl (C=O) groups is 1. The highest BCUT2D eigenvalue weighted by Gasteiger charge is 2.23. The van der Waals surface area contributed by atoms with Crippen LogP contribution in [-0.2, 0) is 6.61 Å². The Labute approximate surface area is 188 Å². The first kappa shape index (κ1) is 20.0. The van der Waals surface area contributed by atoms with Gasteiger partial charge in [-0.3, -0.25) is 0 Å². The molecular weight excluding hydrogens is 422 g/mol. The minimum absolute atomic E-state index is 0.210. The lowest BCUT2D eigenvalue weighted by Crippen LogP contribution is -1.96. The number of carboxylic acids is 1.